The number of Topliss-reactive ketones (excluding diaryl/α,β-unsaturated/α-hetero) is 1. The molecular weight excluding hydrogens is 438 g/mol. The van der Waals surface area contributed by atoms with Crippen LogP contribution in [0.3, 0.4) is 0 Å². The molecule has 1 amide bonds. The number of rotatable bonds is 4. The Balaban J connectivity index is 1.50. The number of anilines is 1. The number of carbonyl (C=O) groups is 2. The molecule has 0 fully saturated rings. The zero-order chi connectivity index (χ0) is 23.3. The van der Waals surface area contributed by atoms with Crippen LogP contribution in [-0.4, -0.2) is 34.9 Å². The van der Waals surface area contributed by atoms with Gasteiger partial charge in [-0.2, -0.15) is 0 Å². The number of amides is 1. The first-order chi connectivity index (χ1) is 15.8. The lowest BCUT2D eigenvalue weighted by molar-refractivity contribution is -0.120. The molecule has 1 aliphatic heterocycles. The highest BCUT2D eigenvalue weighted by Crippen LogP contribution is 2.33. The van der Waals surface area contributed by atoms with Gasteiger partial charge in [0.2, 0.25) is 0 Å². The molecule has 0 spiro atoms. The third-order valence-electron chi connectivity index (χ3n) is 6.06. The number of benzene rings is 2. The molecular formula is C25H21N3O4S. The zero-order valence-electron chi connectivity index (χ0n) is 18.4. The summed E-state index contributed by atoms with van der Waals surface area (Å²) < 4.78 is 6.76. The second kappa shape index (κ2) is 7.97. The van der Waals surface area contributed by atoms with Crippen LogP contribution < -0.4 is 15.2 Å². The van der Waals surface area contributed by atoms with Crippen LogP contribution in [0.5, 0.6) is 5.75 Å². The van der Waals surface area contributed by atoms with E-state index in [9.17, 15) is 14.4 Å². The molecule has 2 aromatic carbocycles. The lowest BCUT2D eigenvalue weighted by atomic mass is 10.0. The van der Waals surface area contributed by atoms with E-state index in [1.807, 2.05) is 31.4 Å². The van der Waals surface area contributed by atoms with Crippen molar-refractivity contribution in [3.8, 4) is 16.9 Å². The first-order valence-corrected chi connectivity index (χ1v) is 11.3. The SMILES string of the molecule is Cc1ccc(-c2csc3ncn(CC(=O)c4ccc5c(c4)N(C)C(=O)CO5)c(=O)c23)cc1C. The molecule has 0 saturated heterocycles. The highest BCUT2D eigenvalue weighted by atomic mass is 32.1. The molecule has 0 unspecified atom stereocenters. The Hall–Kier alpha value is -3.78. The fourth-order valence-electron chi connectivity index (χ4n) is 3.89. The number of fused-ring (bicyclic) bond motifs is 2. The van der Waals surface area contributed by atoms with Gasteiger partial charge in [0, 0.05) is 23.6 Å². The molecule has 0 aliphatic carbocycles. The van der Waals surface area contributed by atoms with Crippen LogP contribution in [-0.2, 0) is 11.3 Å². The minimum atomic E-state index is -0.254. The van der Waals surface area contributed by atoms with Crippen molar-refractivity contribution in [2.24, 2.45) is 0 Å². The normalized spacial score (nSPS) is 13.2. The Morgan fingerprint density at radius 2 is 1.94 bits per heavy atom. The number of ketones is 1. The molecule has 5 rings (SSSR count). The fourth-order valence-corrected chi connectivity index (χ4v) is 4.80. The van der Waals surface area contributed by atoms with Gasteiger partial charge in [-0.05, 0) is 48.7 Å². The molecule has 0 radical (unpaired) electrons. The third-order valence-corrected chi connectivity index (χ3v) is 6.95. The molecule has 0 atom stereocenters. The Labute approximate surface area is 193 Å². The van der Waals surface area contributed by atoms with Crippen molar-refractivity contribution in [1.82, 2.24) is 9.55 Å². The van der Waals surface area contributed by atoms with E-state index in [2.05, 4.69) is 11.1 Å². The topological polar surface area (TPSA) is 81.5 Å². The van der Waals surface area contributed by atoms with Gasteiger partial charge in [0.25, 0.3) is 11.5 Å². The van der Waals surface area contributed by atoms with Gasteiger partial charge in [-0.15, -0.1) is 11.3 Å². The second-order valence-electron chi connectivity index (χ2n) is 8.15. The average molecular weight is 460 g/mol. The Kier molecular flexibility index (Phi) is 5.09. The predicted molar refractivity (Wildman–Crippen MR) is 128 cm³/mol. The third kappa shape index (κ3) is 3.62. The van der Waals surface area contributed by atoms with E-state index in [4.69, 9.17) is 4.74 Å². The number of nitrogens with zero attached hydrogens (tertiary/aromatic N) is 3. The molecule has 166 valence electrons. The highest BCUT2D eigenvalue weighted by molar-refractivity contribution is 7.17. The van der Waals surface area contributed by atoms with Crippen molar-refractivity contribution < 1.29 is 14.3 Å². The minimum Gasteiger partial charge on any atom is -0.482 e. The van der Waals surface area contributed by atoms with Crippen molar-refractivity contribution in [1.29, 1.82) is 0 Å². The monoisotopic (exact) mass is 459 g/mol. The molecule has 3 heterocycles. The molecule has 2 aromatic heterocycles. The highest BCUT2D eigenvalue weighted by Gasteiger charge is 2.24. The molecule has 7 nitrogen and oxygen atoms in total. The summed E-state index contributed by atoms with van der Waals surface area (Å²) in [5, 5.41) is 2.45. The van der Waals surface area contributed by atoms with Gasteiger partial charge in [-0.3, -0.25) is 19.0 Å². The van der Waals surface area contributed by atoms with E-state index in [1.54, 1.807) is 25.2 Å². The maximum atomic E-state index is 13.3. The molecule has 0 saturated carbocycles. The van der Waals surface area contributed by atoms with E-state index < -0.39 is 0 Å². The first-order valence-electron chi connectivity index (χ1n) is 10.4. The lowest BCUT2D eigenvalue weighted by Crippen LogP contribution is -2.35. The molecule has 0 bridgehead atoms. The summed E-state index contributed by atoms with van der Waals surface area (Å²) in [4.78, 5) is 44.8. The smallest absolute Gasteiger partial charge is 0.264 e. The standard InChI is InChI=1S/C25H21N3O4S/c1-14-4-5-16(8-15(14)2)18-12-33-24-23(18)25(31)28(13-26-24)10-20(29)17-6-7-21-19(9-17)27(3)22(30)11-32-21/h4-9,12-13H,10-11H2,1-3H3. The van der Waals surface area contributed by atoms with Crippen LogP contribution >= 0.6 is 11.3 Å². The van der Waals surface area contributed by atoms with Crippen LogP contribution in [0.2, 0.25) is 0 Å². The Morgan fingerprint density at radius 3 is 2.73 bits per heavy atom. The quantitative estimate of drug-likeness (QED) is 0.431. The van der Waals surface area contributed by atoms with Crippen LogP contribution in [0, 0.1) is 13.8 Å². The van der Waals surface area contributed by atoms with Crippen molar-refractivity contribution in [2.75, 3.05) is 18.6 Å². The lowest BCUT2D eigenvalue weighted by Gasteiger charge is -2.26. The zero-order valence-corrected chi connectivity index (χ0v) is 19.2. The van der Waals surface area contributed by atoms with Gasteiger partial charge in [0.05, 0.1) is 23.9 Å². The summed E-state index contributed by atoms with van der Waals surface area (Å²) in [6, 6.07) is 11.0. The van der Waals surface area contributed by atoms with Gasteiger partial charge >= 0.3 is 0 Å². The van der Waals surface area contributed by atoms with Gasteiger partial charge in [-0.25, -0.2) is 4.98 Å². The number of carbonyl (C=O) groups excluding carboxylic acids is 2. The van der Waals surface area contributed by atoms with E-state index >= 15 is 0 Å². The minimum absolute atomic E-state index is 0.0264. The molecule has 4 aromatic rings. The van der Waals surface area contributed by atoms with E-state index in [0.717, 1.165) is 16.7 Å². The summed E-state index contributed by atoms with van der Waals surface area (Å²) >= 11 is 1.41. The number of aryl methyl sites for hydroxylation is 2. The summed E-state index contributed by atoms with van der Waals surface area (Å²) in [5.74, 6) is 0.106. The fraction of sp³-hybridized carbons (Fsp3) is 0.200. The number of hydrogen-bond donors (Lipinski definition) is 0. The summed E-state index contributed by atoms with van der Waals surface area (Å²) in [7, 11) is 1.64. The molecule has 1 aliphatic rings. The summed E-state index contributed by atoms with van der Waals surface area (Å²) in [6.07, 6.45) is 1.42. The number of ether oxygens (including phenoxy) is 1. The second-order valence-corrected chi connectivity index (χ2v) is 9.01. The van der Waals surface area contributed by atoms with E-state index in [-0.39, 0.29) is 30.4 Å². The Morgan fingerprint density at radius 1 is 1.12 bits per heavy atom. The maximum Gasteiger partial charge on any atom is 0.264 e. The molecule has 0 N–H and O–H groups in total. The van der Waals surface area contributed by atoms with Gasteiger partial charge in [0.15, 0.2) is 12.4 Å². The van der Waals surface area contributed by atoms with Gasteiger partial charge in [-0.1, -0.05) is 18.2 Å². The predicted octanol–water partition coefficient (Wildman–Crippen LogP) is 3.98. The van der Waals surface area contributed by atoms with E-state index in [1.165, 1.54) is 32.7 Å². The molecule has 33 heavy (non-hydrogen) atoms. The van der Waals surface area contributed by atoms with Crippen molar-refractivity contribution in [3.63, 3.8) is 0 Å². The van der Waals surface area contributed by atoms with Gasteiger partial charge in [0.1, 0.15) is 10.6 Å². The van der Waals surface area contributed by atoms with Crippen molar-refractivity contribution in [3.05, 3.63) is 75.1 Å². The van der Waals surface area contributed by atoms with Crippen LogP contribution in [0.25, 0.3) is 21.3 Å². The summed E-state index contributed by atoms with van der Waals surface area (Å²) in [5.41, 5.74) is 4.78. The largest absolute Gasteiger partial charge is 0.482 e. The van der Waals surface area contributed by atoms with Crippen molar-refractivity contribution in [2.45, 2.75) is 20.4 Å². The molecule has 8 heteroatoms. The van der Waals surface area contributed by atoms with Gasteiger partial charge < -0.3 is 9.64 Å². The van der Waals surface area contributed by atoms with E-state index in [0.29, 0.717) is 27.2 Å². The Bertz CT molecular complexity index is 1500. The number of likely N-dealkylation sites (N-methyl/N-ethyl adjacent to an activating group) is 1. The number of hydrogen-bond acceptors (Lipinski definition) is 6. The summed E-state index contributed by atoms with van der Waals surface area (Å²) in [6.45, 7) is 3.91. The van der Waals surface area contributed by atoms with Crippen LogP contribution in [0.15, 0.2) is 52.9 Å². The average Bonchev–Trinajstić information content (AvgIpc) is 3.25. The van der Waals surface area contributed by atoms with Crippen LogP contribution in [0.1, 0.15) is 21.5 Å². The number of thiophene rings is 1. The maximum absolute atomic E-state index is 13.3. The van der Waals surface area contributed by atoms with Crippen LogP contribution in [0.4, 0.5) is 5.69 Å². The number of aromatic nitrogens is 2. The first kappa shape index (κ1) is 21.1. The van der Waals surface area contributed by atoms with Crippen molar-refractivity contribution >= 4 is 38.9 Å².